The van der Waals surface area contributed by atoms with E-state index < -0.39 is 17.6 Å². The molecule has 0 saturated carbocycles. The van der Waals surface area contributed by atoms with E-state index >= 15 is 0 Å². The molecule has 0 aliphatic carbocycles. The average Bonchev–Trinajstić information content (AvgIpc) is 3.50. The first kappa shape index (κ1) is 24.6. The van der Waals surface area contributed by atoms with Crippen LogP contribution in [0.25, 0.3) is 5.65 Å². The smallest absolute Gasteiger partial charge is 0.335 e. The number of hydrogen-bond acceptors (Lipinski definition) is 5. The highest BCUT2D eigenvalue weighted by molar-refractivity contribution is 6.04. The molecule has 0 atom stereocenters. The minimum Gasteiger partial charge on any atom is -0.335 e. The molecular formula is C27H20F3N7O. The van der Waals surface area contributed by atoms with E-state index in [0.29, 0.717) is 28.4 Å². The van der Waals surface area contributed by atoms with Gasteiger partial charge >= 0.3 is 6.18 Å². The molecule has 0 spiro atoms. The number of fused-ring (bicyclic) bond motifs is 1. The number of amides is 1. The Morgan fingerprint density at radius 1 is 1.03 bits per heavy atom. The molecule has 1 amide bonds. The Kier molecular flexibility index (Phi) is 6.30. The van der Waals surface area contributed by atoms with E-state index in [2.05, 4.69) is 37.5 Å². The second-order valence-electron chi connectivity index (χ2n) is 8.45. The molecule has 0 aliphatic heterocycles. The molecule has 38 heavy (non-hydrogen) atoms. The van der Waals surface area contributed by atoms with Gasteiger partial charge in [0.15, 0.2) is 11.5 Å². The predicted octanol–water partition coefficient (Wildman–Crippen LogP) is 5.19. The molecule has 0 saturated heterocycles. The Bertz CT molecular complexity index is 1720. The van der Waals surface area contributed by atoms with Crippen molar-refractivity contribution in [1.82, 2.24) is 24.1 Å². The van der Waals surface area contributed by atoms with Crippen molar-refractivity contribution >= 4 is 28.7 Å². The van der Waals surface area contributed by atoms with Crippen molar-refractivity contribution in [3.8, 4) is 11.8 Å². The number of carbonyl (C=O) groups excluding carboxylic acids is 1. The second kappa shape index (κ2) is 9.74. The summed E-state index contributed by atoms with van der Waals surface area (Å²) >= 11 is 0. The number of hydrogen-bond donors (Lipinski definition) is 2. The Morgan fingerprint density at radius 3 is 2.63 bits per heavy atom. The lowest BCUT2D eigenvalue weighted by Gasteiger charge is -2.10. The summed E-state index contributed by atoms with van der Waals surface area (Å²) in [6.45, 7) is 1.87. The largest absolute Gasteiger partial charge is 0.416 e. The van der Waals surface area contributed by atoms with Crippen LogP contribution in [-0.4, -0.2) is 30.1 Å². The van der Waals surface area contributed by atoms with Gasteiger partial charge in [-0.15, -0.1) is 0 Å². The van der Waals surface area contributed by atoms with Crippen molar-refractivity contribution in [2.75, 3.05) is 10.6 Å². The van der Waals surface area contributed by atoms with Gasteiger partial charge in [-0.1, -0.05) is 18.1 Å². The fourth-order valence-corrected chi connectivity index (χ4v) is 3.73. The highest BCUT2D eigenvalue weighted by Gasteiger charge is 2.30. The van der Waals surface area contributed by atoms with Crippen molar-refractivity contribution in [1.29, 1.82) is 0 Å². The van der Waals surface area contributed by atoms with Crippen LogP contribution in [0, 0.1) is 18.8 Å². The van der Waals surface area contributed by atoms with Crippen LogP contribution >= 0.6 is 0 Å². The number of aryl methyl sites for hydroxylation is 2. The fraction of sp³-hybridized carbons (Fsp3) is 0.111. The van der Waals surface area contributed by atoms with Crippen molar-refractivity contribution < 1.29 is 18.0 Å². The first-order chi connectivity index (χ1) is 18.2. The maximum Gasteiger partial charge on any atom is 0.416 e. The lowest BCUT2D eigenvalue weighted by atomic mass is 10.1. The molecule has 0 aliphatic rings. The molecule has 3 aromatic heterocycles. The highest BCUT2D eigenvalue weighted by Crippen LogP contribution is 2.29. The van der Waals surface area contributed by atoms with E-state index in [-0.39, 0.29) is 5.56 Å². The molecule has 5 aromatic rings. The number of imidazole rings is 1. The summed E-state index contributed by atoms with van der Waals surface area (Å²) in [6.07, 6.45) is 3.97. The lowest BCUT2D eigenvalue weighted by molar-refractivity contribution is -0.137. The maximum atomic E-state index is 13.0. The van der Waals surface area contributed by atoms with Crippen LogP contribution in [0.1, 0.15) is 32.7 Å². The van der Waals surface area contributed by atoms with Gasteiger partial charge in [0.1, 0.15) is 5.69 Å². The van der Waals surface area contributed by atoms with Gasteiger partial charge in [0, 0.05) is 42.5 Å². The summed E-state index contributed by atoms with van der Waals surface area (Å²) in [5.41, 5.74) is 2.91. The van der Waals surface area contributed by atoms with Crippen LogP contribution in [0.5, 0.6) is 0 Å². The number of anilines is 3. The molecule has 5 rings (SSSR count). The quantitative estimate of drug-likeness (QED) is 0.322. The molecule has 0 fully saturated rings. The first-order valence-electron chi connectivity index (χ1n) is 11.4. The molecule has 0 radical (unpaired) electrons. The fourth-order valence-electron chi connectivity index (χ4n) is 3.73. The van der Waals surface area contributed by atoms with Gasteiger partial charge in [0.05, 0.1) is 23.6 Å². The lowest BCUT2D eigenvalue weighted by Crippen LogP contribution is -2.14. The number of nitrogens with one attached hydrogen (secondary N) is 2. The van der Waals surface area contributed by atoms with Crippen LogP contribution < -0.4 is 10.6 Å². The number of alkyl halides is 3. The van der Waals surface area contributed by atoms with E-state index in [1.807, 2.05) is 20.2 Å². The summed E-state index contributed by atoms with van der Waals surface area (Å²) < 4.78 is 42.5. The molecule has 0 unspecified atom stereocenters. The topological polar surface area (TPSA) is 89.1 Å². The van der Waals surface area contributed by atoms with Gasteiger partial charge in [-0.05, 0) is 48.7 Å². The van der Waals surface area contributed by atoms with Crippen LogP contribution in [0.4, 0.5) is 30.4 Å². The second-order valence-corrected chi connectivity index (χ2v) is 8.45. The zero-order chi connectivity index (χ0) is 26.9. The van der Waals surface area contributed by atoms with Gasteiger partial charge in [-0.3, -0.25) is 13.9 Å². The Labute approximate surface area is 215 Å². The third-order valence-corrected chi connectivity index (χ3v) is 5.67. The normalized spacial score (nSPS) is 11.2. The number of aromatic nitrogens is 5. The van der Waals surface area contributed by atoms with Crippen molar-refractivity contribution in [2.24, 2.45) is 7.05 Å². The average molecular weight is 515 g/mol. The summed E-state index contributed by atoms with van der Waals surface area (Å²) in [6, 6.07) is 9.39. The minimum atomic E-state index is -4.54. The van der Waals surface area contributed by atoms with Gasteiger partial charge in [-0.25, -0.2) is 9.97 Å². The van der Waals surface area contributed by atoms with Gasteiger partial charge in [-0.2, -0.15) is 18.3 Å². The summed E-state index contributed by atoms with van der Waals surface area (Å²) in [4.78, 5) is 21.4. The van der Waals surface area contributed by atoms with E-state index in [1.54, 1.807) is 52.1 Å². The molecule has 3 heterocycles. The third kappa shape index (κ3) is 5.19. The molecule has 8 nitrogen and oxygen atoms in total. The first-order valence-corrected chi connectivity index (χ1v) is 11.4. The third-order valence-electron chi connectivity index (χ3n) is 5.67. The molecule has 2 N–H and O–H groups in total. The van der Waals surface area contributed by atoms with Crippen molar-refractivity contribution in [2.45, 2.75) is 13.1 Å². The summed E-state index contributed by atoms with van der Waals surface area (Å²) in [7, 11) is 1.82. The van der Waals surface area contributed by atoms with Crippen molar-refractivity contribution in [3.63, 3.8) is 0 Å². The SMILES string of the molecule is Cc1ccc(NC(=O)c2cccc(C(F)(F)F)c2)cc1C#Cc1cnc2c(Nc3cnn(C)c3)nccn12. The zero-order valence-electron chi connectivity index (χ0n) is 20.2. The van der Waals surface area contributed by atoms with Gasteiger partial charge < -0.3 is 10.6 Å². The molecule has 190 valence electrons. The number of nitrogens with zero attached hydrogens (tertiary/aromatic N) is 5. The Balaban J connectivity index is 1.38. The van der Waals surface area contributed by atoms with E-state index in [0.717, 1.165) is 23.4 Å². The zero-order valence-corrected chi connectivity index (χ0v) is 20.2. The van der Waals surface area contributed by atoms with Crippen LogP contribution in [0.2, 0.25) is 0 Å². The molecular weight excluding hydrogens is 495 g/mol. The van der Waals surface area contributed by atoms with E-state index in [1.165, 1.54) is 12.1 Å². The Morgan fingerprint density at radius 2 is 1.87 bits per heavy atom. The molecule has 2 aromatic carbocycles. The highest BCUT2D eigenvalue weighted by atomic mass is 19.4. The van der Waals surface area contributed by atoms with Gasteiger partial charge in [0.25, 0.3) is 5.91 Å². The number of halogens is 3. The maximum absolute atomic E-state index is 13.0. The number of benzene rings is 2. The van der Waals surface area contributed by atoms with Crippen molar-refractivity contribution in [3.05, 3.63) is 101 Å². The molecule has 11 heteroatoms. The standard InChI is InChI=1S/C27H20F3N7O/c1-17-6-8-21(35-26(38)19-4-3-5-20(12-19)27(28,29)30)13-18(17)7-9-23-15-32-25-24(31-10-11-37(23)25)34-22-14-33-36(2)16-22/h3-6,8,10-16H,1-2H3,(H,31,34)(H,35,38). The number of carbonyl (C=O) groups is 1. The number of rotatable bonds is 4. The Hall–Kier alpha value is -5.11. The monoisotopic (exact) mass is 515 g/mol. The van der Waals surface area contributed by atoms with E-state index in [4.69, 9.17) is 0 Å². The summed E-state index contributed by atoms with van der Waals surface area (Å²) in [5.74, 6) is 6.09. The van der Waals surface area contributed by atoms with Crippen LogP contribution in [0.3, 0.4) is 0 Å². The van der Waals surface area contributed by atoms with E-state index in [9.17, 15) is 18.0 Å². The minimum absolute atomic E-state index is 0.0944. The van der Waals surface area contributed by atoms with Crippen LogP contribution in [-0.2, 0) is 13.2 Å². The summed E-state index contributed by atoms with van der Waals surface area (Å²) in [5, 5.41) is 9.96. The van der Waals surface area contributed by atoms with Crippen LogP contribution in [0.15, 0.2) is 73.4 Å². The predicted molar refractivity (Wildman–Crippen MR) is 136 cm³/mol. The molecule has 0 bridgehead atoms. The van der Waals surface area contributed by atoms with Gasteiger partial charge in [0.2, 0.25) is 0 Å².